The minimum atomic E-state index is -5.08. The third kappa shape index (κ3) is 7.47. The molecule has 30 heavy (non-hydrogen) atoms. The Morgan fingerprint density at radius 2 is 2.13 bits per heavy atom. The van der Waals surface area contributed by atoms with Crippen LogP contribution in [0.4, 0.5) is 13.2 Å². The van der Waals surface area contributed by atoms with Crippen molar-refractivity contribution in [3.63, 3.8) is 0 Å². The smallest absolute Gasteiger partial charge is 0.475 e. The van der Waals surface area contributed by atoms with E-state index in [1.54, 1.807) is 13.4 Å². The molecule has 0 bridgehead atoms. The lowest BCUT2D eigenvalue weighted by Crippen LogP contribution is -2.38. The highest BCUT2D eigenvalue weighted by Crippen LogP contribution is 2.26. The first-order valence-electron chi connectivity index (χ1n) is 9.35. The van der Waals surface area contributed by atoms with E-state index in [4.69, 9.17) is 23.8 Å². The summed E-state index contributed by atoms with van der Waals surface area (Å²) in [6.45, 7) is 3.11. The first-order valence-corrected chi connectivity index (χ1v) is 9.35. The molecule has 0 unspecified atom stereocenters. The number of carbonyl (C=O) groups is 1. The number of aromatic nitrogens is 2. The summed E-state index contributed by atoms with van der Waals surface area (Å²) in [6.07, 6.45) is 2.86. The molecule has 0 saturated carbocycles. The molecule has 2 aromatic rings. The number of carboxylic acid groups (broad SMARTS) is 1. The van der Waals surface area contributed by atoms with Gasteiger partial charge in [-0.1, -0.05) is 0 Å². The molecule has 1 aliphatic heterocycles. The molecule has 11 heteroatoms. The zero-order valence-corrected chi connectivity index (χ0v) is 16.8. The molecule has 1 fully saturated rings. The van der Waals surface area contributed by atoms with Crippen molar-refractivity contribution in [1.82, 2.24) is 14.7 Å². The van der Waals surface area contributed by atoms with Crippen LogP contribution >= 0.6 is 0 Å². The SMILES string of the molecule is COCCO[C@@H]1CCN(Cc2ccco2)[C@@H]1Cc1cnn(C)c1.O=C(O)C(F)(F)F. The third-order valence-electron chi connectivity index (χ3n) is 4.60. The van der Waals surface area contributed by atoms with Gasteiger partial charge >= 0.3 is 12.1 Å². The van der Waals surface area contributed by atoms with Gasteiger partial charge in [-0.15, -0.1) is 0 Å². The van der Waals surface area contributed by atoms with E-state index in [-0.39, 0.29) is 6.10 Å². The highest BCUT2D eigenvalue weighted by molar-refractivity contribution is 5.73. The van der Waals surface area contributed by atoms with Crippen molar-refractivity contribution in [3.8, 4) is 0 Å². The van der Waals surface area contributed by atoms with Gasteiger partial charge in [-0.05, 0) is 30.5 Å². The van der Waals surface area contributed by atoms with E-state index in [1.165, 1.54) is 5.56 Å². The molecule has 1 N–H and O–H groups in total. The van der Waals surface area contributed by atoms with E-state index >= 15 is 0 Å². The molecule has 2 atom stereocenters. The summed E-state index contributed by atoms with van der Waals surface area (Å²) in [4.78, 5) is 11.3. The van der Waals surface area contributed by atoms with Crippen LogP contribution in [0.2, 0.25) is 0 Å². The maximum absolute atomic E-state index is 10.6. The van der Waals surface area contributed by atoms with Crippen molar-refractivity contribution in [2.75, 3.05) is 26.9 Å². The Labute approximate surface area is 172 Å². The Bertz CT molecular complexity index is 764. The quantitative estimate of drug-likeness (QED) is 0.640. The van der Waals surface area contributed by atoms with Gasteiger partial charge in [-0.25, -0.2) is 4.79 Å². The molecule has 1 saturated heterocycles. The van der Waals surface area contributed by atoms with Crippen LogP contribution in [0.15, 0.2) is 35.2 Å². The molecule has 0 amide bonds. The summed E-state index contributed by atoms with van der Waals surface area (Å²) in [6, 6.07) is 4.30. The van der Waals surface area contributed by atoms with Gasteiger partial charge in [0.05, 0.1) is 38.3 Å². The summed E-state index contributed by atoms with van der Waals surface area (Å²) in [5.74, 6) is -1.76. The number of hydrogen-bond acceptors (Lipinski definition) is 6. The number of likely N-dealkylation sites (tertiary alicyclic amines) is 1. The molecule has 0 aliphatic carbocycles. The largest absolute Gasteiger partial charge is 0.490 e. The predicted octanol–water partition coefficient (Wildman–Crippen LogP) is 2.50. The van der Waals surface area contributed by atoms with Gasteiger partial charge in [0.25, 0.3) is 0 Å². The number of methoxy groups -OCH3 is 1. The number of carboxylic acids is 1. The second kappa shape index (κ2) is 11.1. The molecular weight excluding hydrogens is 407 g/mol. The topological polar surface area (TPSA) is 90.0 Å². The summed E-state index contributed by atoms with van der Waals surface area (Å²) < 4.78 is 50.3. The zero-order valence-electron chi connectivity index (χ0n) is 16.8. The Balaban J connectivity index is 0.000000396. The number of halogens is 3. The second-order valence-electron chi connectivity index (χ2n) is 6.84. The fourth-order valence-corrected chi connectivity index (χ4v) is 3.24. The molecule has 3 rings (SSSR count). The second-order valence-corrected chi connectivity index (χ2v) is 6.84. The monoisotopic (exact) mass is 433 g/mol. The van der Waals surface area contributed by atoms with Gasteiger partial charge in [0.15, 0.2) is 0 Å². The molecule has 2 aromatic heterocycles. The van der Waals surface area contributed by atoms with Crippen molar-refractivity contribution in [1.29, 1.82) is 0 Å². The van der Waals surface area contributed by atoms with Crippen molar-refractivity contribution in [3.05, 3.63) is 42.1 Å². The average molecular weight is 433 g/mol. The lowest BCUT2D eigenvalue weighted by molar-refractivity contribution is -0.192. The molecule has 0 spiro atoms. The third-order valence-corrected chi connectivity index (χ3v) is 4.60. The molecule has 0 radical (unpaired) electrons. The maximum atomic E-state index is 10.6. The van der Waals surface area contributed by atoms with Crippen LogP contribution in [-0.4, -0.2) is 70.9 Å². The van der Waals surface area contributed by atoms with Crippen LogP contribution in [0.25, 0.3) is 0 Å². The minimum absolute atomic E-state index is 0.223. The molecule has 168 valence electrons. The Kier molecular flexibility index (Phi) is 8.88. The van der Waals surface area contributed by atoms with Gasteiger partial charge in [-0.2, -0.15) is 18.3 Å². The van der Waals surface area contributed by atoms with E-state index in [2.05, 4.69) is 16.2 Å². The van der Waals surface area contributed by atoms with E-state index in [1.807, 2.05) is 30.1 Å². The fraction of sp³-hybridized carbons (Fsp3) is 0.579. The molecule has 3 heterocycles. The maximum Gasteiger partial charge on any atom is 0.490 e. The molecule has 8 nitrogen and oxygen atoms in total. The van der Waals surface area contributed by atoms with Crippen LogP contribution in [-0.2, 0) is 34.3 Å². The lowest BCUT2D eigenvalue weighted by atomic mass is 10.0. The fourth-order valence-electron chi connectivity index (χ4n) is 3.24. The van der Waals surface area contributed by atoms with Crippen molar-refractivity contribution >= 4 is 5.97 Å². The number of rotatable bonds is 8. The number of alkyl halides is 3. The van der Waals surface area contributed by atoms with E-state index < -0.39 is 12.1 Å². The number of nitrogens with zero attached hydrogens (tertiary/aromatic N) is 3. The van der Waals surface area contributed by atoms with Crippen LogP contribution in [0.3, 0.4) is 0 Å². The van der Waals surface area contributed by atoms with E-state index in [9.17, 15) is 13.2 Å². The van der Waals surface area contributed by atoms with Crippen LogP contribution in [0.1, 0.15) is 17.7 Å². The Morgan fingerprint density at radius 1 is 1.40 bits per heavy atom. The first kappa shape index (κ1) is 23.9. The Hall–Kier alpha value is -2.37. The molecular formula is C19H26F3N3O5. The number of ether oxygens (including phenoxy) is 2. The number of hydrogen-bond donors (Lipinski definition) is 1. The van der Waals surface area contributed by atoms with E-state index in [0.717, 1.165) is 31.7 Å². The van der Waals surface area contributed by atoms with Gasteiger partial charge in [0.2, 0.25) is 0 Å². The average Bonchev–Trinajstić information content (AvgIpc) is 3.40. The summed E-state index contributed by atoms with van der Waals surface area (Å²) in [5.41, 5.74) is 1.24. The lowest BCUT2D eigenvalue weighted by Gasteiger charge is -2.27. The number of furan rings is 1. The normalized spacial score (nSPS) is 19.5. The van der Waals surface area contributed by atoms with Crippen molar-refractivity contribution in [2.45, 2.75) is 37.7 Å². The number of aliphatic carboxylic acids is 1. The zero-order chi connectivity index (χ0) is 22.1. The highest BCUT2D eigenvalue weighted by atomic mass is 19.4. The summed E-state index contributed by atoms with van der Waals surface area (Å²) >= 11 is 0. The standard InChI is InChI=1S/C17H25N3O3.C2HF3O2/c1-19-12-14(11-18-19)10-16-17(23-9-8-21-2)5-6-20(16)13-15-4-3-7-22-15;3-2(4,5)1(6)7/h3-4,7,11-12,16-17H,5-6,8-10,13H2,1-2H3;(H,6,7)/t16-,17-;/m1./s1. The number of aryl methyl sites for hydroxylation is 1. The van der Waals surface area contributed by atoms with Crippen molar-refractivity contribution < 1.29 is 37.0 Å². The van der Waals surface area contributed by atoms with Crippen molar-refractivity contribution in [2.24, 2.45) is 7.05 Å². The van der Waals surface area contributed by atoms with Gasteiger partial charge in [0, 0.05) is 32.9 Å². The summed E-state index contributed by atoms with van der Waals surface area (Å²) in [7, 11) is 3.65. The Morgan fingerprint density at radius 3 is 2.67 bits per heavy atom. The van der Waals surface area contributed by atoms with E-state index in [0.29, 0.717) is 19.3 Å². The van der Waals surface area contributed by atoms with Gasteiger partial charge < -0.3 is 19.0 Å². The predicted molar refractivity (Wildman–Crippen MR) is 99.7 cm³/mol. The molecule has 0 aromatic carbocycles. The minimum Gasteiger partial charge on any atom is -0.475 e. The van der Waals surface area contributed by atoms with Crippen LogP contribution < -0.4 is 0 Å². The van der Waals surface area contributed by atoms with Gasteiger partial charge in [0.1, 0.15) is 5.76 Å². The van der Waals surface area contributed by atoms with Crippen LogP contribution in [0.5, 0.6) is 0 Å². The molecule has 1 aliphatic rings. The summed E-state index contributed by atoms with van der Waals surface area (Å²) in [5, 5.41) is 11.4. The highest BCUT2D eigenvalue weighted by Gasteiger charge is 2.38. The van der Waals surface area contributed by atoms with Gasteiger partial charge in [-0.3, -0.25) is 9.58 Å². The first-order chi connectivity index (χ1) is 14.2. The van der Waals surface area contributed by atoms with Crippen LogP contribution in [0, 0.1) is 0 Å².